The minimum atomic E-state index is 0.458. The van der Waals surface area contributed by atoms with E-state index in [2.05, 4.69) is 73.3 Å². The van der Waals surface area contributed by atoms with Crippen LogP contribution in [-0.4, -0.2) is 21.4 Å². The Morgan fingerprint density at radius 3 is 2.65 bits per heavy atom. The third kappa shape index (κ3) is 4.97. The van der Waals surface area contributed by atoms with E-state index in [-0.39, 0.29) is 0 Å². The van der Waals surface area contributed by atoms with Crippen LogP contribution in [0.4, 0.5) is 0 Å². The van der Waals surface area contributed by atoms with Crippen molar-refractivity contribution in [3.05, 3.63) is 95.0 Å². The molecule has 0 unspecified atom stereocenters. The summed E-state index contributed by atoms with van der Waals surface area (Å²) < 4.78 is 7.93. The summed E-state index contributed by atoms with van der Waals surface area (Å²) in [4.78, 5) is 4.05. The van der Waals surface area contributed by atoms with E-state index in [1.165, 1.54) is 28.6 Å². The van der Waals surface area contributed by atoms with Gasteiger partial charge in [-0.15, -0.1) is 0 Å². The molecule has 5 heteroatoms. The van der Waals surface area contributed by atoms with Gasteiger partial charge in [0.1, 0.15) is 18.4 Å². The van der Waals surface area contributed by atoms with Crippen molar-refractivity contribution in [1.82, 2.24) is 14.8 Å². The second-order valence-corrected chi connectivity index (χ2v) is 8.42. The molecule has 1 heterocycles. The summed E-state index contributed by atoms with van der Waals surface area (Å²) in [5.41, 5.74) is 6.99. The van der Waals surface area contributed by atoms with Gasteiger partial charge in [-0.3, -0.25) is 0 Å². The topological polar surface area (TPSA) is 39.9 Å². The van der Waals surface area contributed by atoms with Gasteiger partial charge in [0.2, 0.25) is 0 Å². The van der Waals surface area contributed by atoms with Crippen LogP contribution in [0.5, 0.6) is 5.75 Å². The number of hydrogen-bond donors (Lipinski definition) is 0. The van der Waals surface area contributed by atoms with Crippen LogP contribution in [0.15, 0.2) is 73.3 Å². The predicted molar refractivity (Wildman–Crippen MR) is 126 cm³/mol. The molecule has 0 fully saturated rings. The van der Waals surface area contributed by atoms with Gasteiger partial charge in [0.05, 0.1) is 12.3 Å². The lowest BCUT2D eigenvalue weighted by atomic mass is 9.92. The van der Waals surface area contributed by atoms with Crippen LogP contribution in [-0.2, 0) is 6.42 Å². The number of ether oxygens (including phenoxy) is 1. The van der Waals surface area contributed by atoms with Gasteiger partial charge in [0.25, 0.3) is 0 Å². The first-order valence-electron chi connectivity index (χ1n) is 10.5. The first kappa shape index (κ1) is 21.1. The molecule has 4 nitrogen and oxygen atoms in total. The van der Waals surface area contributed by atoms with E-state index in [0.717, 1.165) is 17.0 Å². The number of aromatic nitrogens is 3. The second kappa shape index (κ2) is 9.36. The van der Waals surface area contributed by atoms with Crippen molar-refractivity contribution in [2.75, 3.05) is 6.61 Å². The van der Waals surface area contributed by atoms with E-state index in [4.69, 9.17) is 16.3 Å². The van der Waals surface area contributed by atoms with Crippen molar-refractivity contribution in [2.24, 2.45) is 0 Å². The van der Waals surface area contributed by atoms with Gasteiger partial charge in [-0.25, -0.2) is 9.67 Å². The molecule has 4 aromatic rings. The highest BCUT2D eigenvalue weighted by Crippen LogP contribution is 2.32. The number of hydrogen-bond acceptors (Lipinski definition) is 3. The predicted octanol–water partition coefficient (Wildman–Crippen LogP) is 6.64. The molecule has 0 radical (unpaired) electrons. The maximum Gasteiger partial charge on any atom is 0.138 e. The Kier molecular flexibility index (Phi) is 6.38. The largest absolute Gasteiger partial charge is 0.493 e. The molecule has 158 valence electrons. The monoisotopic (exact) mass is 431 g/mol. The van der Waals surface area contributed by atoms with E-state index in [1.807, 2.05) is 18.2 Å². The van der Waals surface area contributed by atoms with E-state index >= 15 is 0 Å². The molecule has 0 aliphatic heterocycles. The average Bonchev–Trinajstić information content (AvgIpc) is 3.28. The molecule has 0 spiro atoms. The van der Waals surface area contributed by atoms with Crippen molar-refractivity contribution >= 4 is 11.6 Å². The molecule has 0 aliphatic rings. The third-order valence-electron chi connectivity index (χ3n) is 5.29. The number of aryl methyl sites for hydroxylation is 1. The summed E-state index contributed by atoms with van der Waals surface area (Å²) in [6, 6.07) is 20.8. The van der Waals surface area contributed by atoms with Crippen molar-refractivity contribution in [1.29, 1.82) is 0 Å². The maximum absolute atomic E-state index is 6.24. The van der Waals surface area contributed by atoms with Gasteiger partial charge in [0.15, 0.2) is 0 Å². The highest BCUT2D eigenvalue weighted by atomic mass is 35.5. The molecular formula is C26H26ClN3O. The maximum atomic E-state index is 6.24. The fourth-order valence-electron chi connectivity index (χ4n) is 3.84. The van der Waals surface area contributed by atoms with Crippen LogP contribution >= 0.6 is 11.6 Å². The number of rotatable bonds is 7. The van der Waals surface area contributed by atoms with Gasteiger partial charge in [-0.2, -0.15) is 5.10 Å². The molecule has 1 aromatic heterocycles. The molecule has 31 heavy (non-hydrogen) atoms. The van der Waals surface area contributed by atoms with Gasteiger partial charge in [-0.1, -0.05) is 55.8 Å². The molecule has 0 saturated heterocycles. The number of halogens is 1. The number of benzene rings is 3. The average molecular weight is 432 g/mol. The fourth-order valence-corrected chi connectivity index (χ4v) is 4.03. The van der Waals surface area contributed by atoms with E-state index < -0.39 is 0 Å². The van der Waals surface area contributed by atoms with Crippen LogP contribution in [0.3, 0.4) is 0 Å². The quantitative estimate of drug-likeness (QED) is 0.329. The lowest BCUT2D eigenvalue weighted by Gasteiger charge is -2.15. The fraction of sp³-hybridized carbons (Fsp3) is 0.231. The normalized spacial score (nSPS) is 11.1. The van der Waals surface area contributed by atoms with Crippen LogP contribution < -0.4 is 4.74 Å². The van der Waals surface area contributed by atoms with Gasteiger partial charge in [-0.05, 0) is 71.0 Å². The highest BCUT2D eigenvalue weighted by Gasteiger charge is 2.11. The van der Waals surface area contributed by atoms with Crippen molar-refractivity contribution in [3.63, 3.8) is 0 Å². The lowest BCUT2D eigenvalue weighted by Crippen LogP contribution is -2.06. The molecule has 3 aromatic carbocycles. The Morgan fingerprint density at radius 2 is 1.87 bits per heavy atom. The zero-order chi connectivity index (χ0) is 21.8. The molecule has 0 saturated carbocycles. The SMILES string of the molecule is Cc1cc(OCCc2cc(Cl)ccc2-n2cncn2)cc(-c2ccccc2C(C)C)c1. The molecular weight excluding hydrogens is 406 g/mol. The van der Waals surface area contributed by atoms with Gasteiger partial charge in [0, 0.05) is 11.4 Å². The van der Waals surface area contributed by atoms with Crippen molar-refractivity contribution in [2.45, 2.75) is 33.1 Å². The Morgan fingerprint density at radius 1 is 1.03 bits per heavy atom. The summed E-state index contributed by atoms with van der Waals surface area (Å²) in [5.74, 6) is 1.33. The molecule has 0 atom stereocenters. The lowest BCUT2D eigenvalue weighted by molar-refractivity contribution is 0.321. The molecule has 4 rings (SSSR count). The van der Waals surface area contributed by atoms with Gasteiger partial charge < -0.3 is 4.74 Å². The standard InChI is InChI=1S/C26H26ClN3O/c1-18(2)24-6-4-5-7-25(24)21-12-19(3)13-23(15-21)31-11-10-20-14-22(27)8-9-26(20)30-17-28-16-29-30/h4-9,12-18H,10-11H2,1-3H3. The van der Waals surface area contributed by atoms with Crippen LogP contribution in [0.2, 0.25) is 5.02 Å². The minimum Gasteiger partial charge on any atom is -0.493 e. The molecule has 0 N–H and O–H groups in total. The Hall–Kier alpha value is -3.11. The Bertz CT molecular complexity index is 1170. The first-order valence-corrected chi connectivity index (χ1v) is 10.9. The molecule has 0 aliphatic carbocycles. The summed E-state index contributed by atoms with van der Waals surface area (Å²) in [5, 5.41) is 4.94. The molecule has 0 amide bonds. The van der Waals surface area contributed by atoms with E-state index in [9.17, 15) is 0 Å². The smallest absolute Gasteiger partial charge is 0.138 e. The zero-order valence-corrected chi connectivity index (χ0v) is 18.8. The second-order valence-electron chi connectivity index (χ2n) is 7.99. The highest BCUT2D eigenvalue weighted by molar-refractivity contribution is 6.30. The van der Waals surface area contributed by atoms with Crippen LogP contribution in [0.1, 0.15) is 36.5 Å². The third-order valence-corrected chi connectivity index (χ3v) is 5.53. The minimum absolute atomic E-state index is 0.458. The molecule has 0 bridgehead atoms. The first-order chi connectivity index (χ1) is 15.0. The van der Waals surface area contributed by atoms with Crippen molar-refractivity contribution < 1.29 is 4.74 Å². The Balaban J connectivity index is 1.54. The summed E-state index contributed by atoms with van der Waals surface area (Å²) in [6.45, 7) is 7.10. The summed E-state index contributed by atoms with van der Waals surface area (Å²) in [7, 11) is 0. The Labute approximate surface area is 188 Å². The van der Waals surface area contributed by atoms with Gasteiger partial charge >= 0.3 is 0 Å². The van der Waals surface area contributed by atoms with Crippen LogP contribution in [0, 0.1) is 6.92 Å². The van der Waals surface area contributed by atoms with E-state index in [1.54, 1.807) is 11.0 Å². The van der Waals surface area contributed by atoms with E-state index in [0.29, 0.717) is 24.0 Å². The number of nitrogens with zero attached hydrogens (tertiary/aromatic N) is 3. The summed E-state index contributed by atoms with van der Waals surface area (Å²) >= 11 is 6.24. The zero-order valence-electron chi connectivity index (χ0n) is 18.0. The van der Waals surface area contributed by atoms with Crippen molar-refractivity contribution in [3.8, 4) is 22.6 Å². The summed E-state index contributed by atoms with van der Waals surface area (Å²) in [6.07, 6.45) is 3.92. The van der Waals surface area contributed by atoms with Crippen LogP contribution in [0.25, 0.3) is 16.8 Å².